The molecule has 1 aromatic rings. The second-order valence-electron chi connectivity index (χ2n) is 3.38. The highest BCUT2D eigenvalue weighted by molar-refractivity contribution is 5.68. The first-order valence-electron chi connectivity index (χ1n) is 4.03. The van der Waals surface area contributed by atoms with E-state index in [9.17, 15) is 9.18 Å². The Labute approximate surface area is 80.6 Å². The molecule has 0 bridgehead atoms. The molecule has 3 N–H and O–H groups in total. The van der Waals surface area contributed by atoms with Crippen LogP contribution in [-0.4, -0.2) is 16.1 Å². The SMILES string of the molecule is C[C@](N)(CC(=O)O)c1cncc(F)c1. The van der Waals surface area contributed by atoms with Crippen molar-refractivity contribution in [2.75, 3.05) is 0 Å². The number of carboxylic acid groups (broad SMARTS) is 1. The first kappa shape index (κ1) is 10.6. The third kappa shape index (κ3) is 2.50. The quantitative estimate of drug-likeness (QED) is 0.755. The summed E-state index contributed by atoms with van der Waals surface area (Å²) < 4.78 is 12.8. The van der Waals surface area contributed by atoms with Crippen LogP contribution in [0.15, 0.2) is 18.5 Å². The number of halogens is 1. The number of carboxylic acids is 1. The average Bonchev–Trinajstić information content (AvgIpc) is 2.01. The number of hydrogen-bond donors (Lipinski definition) is 2. The van der Waals surface area contributed by atoms with E-state index in [1.54, 1.807) is 0 Å². The molecule has 4 nitrogen and oxygen atoms in total. The summed E-state index contributed by atoms with van der Waals surface area (Å²) >= 11 is 0. The van der Waals surface area contributed by atoms with Crippen molar-refractivity contribution < 1.29 is 14.3 Å². The first-order chi connectivity index (χ1) is 6.42. The zero-order valence-corrected chi connectivity index (χ0v) is 7.70. The van der Waals surface area contributed by atoms with Gasteiger partial charge in [-0.2, -0.15) is 0 Å². The molecule has 1 rings (SSSR count). The highest BCUT2D eigenvalue weighted by Gasteiger charge is 2.25. The van der Waals surface area contributed by atoms with Crippen molar-refractivity contribution in [3.8, 4) is 0 Å². The minimum atomic E-state index is -1.10. The Morgan fingerprint density at radius 3 is 2.86 bits per heavy atom. The lowest BCUT2D eigenvalue weighted by Crippen LogP contribution is -2.35. The topological polar surface area (TPSA) is 76.2 Å². The molecule has 1 heterocycles. The number of rotatable bonds is 3. The Morgan fingerprint density at radius 2 is 2.36 bits per heavy atom. The van der Waals surface area contributed by atoms with Gasteiger partial charge in [0.15, 0.2) is 0 Å². The molecule has 5 heteroatoms. The Kier molecular flexibility index (Phi) is 2.81. The van der Waals surface area contributed by atoms with Crippen molar-refractivity contribution in [2.24, 2.45) is 5.73 Å². The van der Waals surface area contributed by atoms with Gasteiger partial charge in [-0.1, -0.05) is 0 Å². The molecule has 0 amide bonds. The summed E-state index contributed by atoms with van der Waals surface area (Å²) in [5, 5.41) is 8.59. The summed E-state index contributed by atoms with van der Waals surface area (Å²) in [6, 6.07) is 1.19. The van der Waals surface area contributed by atoms with E-state index in [0.717, 1.165) is 6.20 Å². The molecule has 0 unspecified atom stereocenters. The van der Waals surface area contributed by atoms with Gasteiger partial charge in [0.2, 0.25) is 0 Å². The maximum absolute atomic E-state index is 12.8. The highest BCUT2D eigenvalue weighted by atomic mass is 19.1. The van der Waals surface area contributed by atoms with Crippen LogP contribution in [0, 0.1) is 5.82 Å². The lowest BCUT2D eigenvalue weighted by Gasteiger charge is -2.22. The predicted octanol–water partition coefficient (Wildman–Crippen LogP) is 0.869. The lowest BCUT2D eigenvalue weighted by molar-refractivity contribution is -0.138. The molecule has 14 heavy (non-hydrogen) atoms. The number of nitrogens with two attached hydrogens (primary N) is 1. The molecule has 0 saturated heterocycles. The van der Waals surface area contributed by atoms with Crippen LogP contribution >= 0.6 is 0 Å². The van der Waals surface area contributed by atoms with E-state index in [1.807, 2.05) is 0 Å². The number of aliphatic carboxylic acids is 1. The molecule has 1 atom stereocenters. The molecule has 0 saturated carbocycles. The van der Waals surface area contributed by atoms with Crippen molar-refractivity contribution in [2.45, 2.75) is 18.9 Å². The highest BCUT2D eigenvalue weighted by Crippen LogP contribution is 2.21. The van der Waals surface area contributed by atoms with Crippen molar-refractivity contribution in [1.82, 2.24) is 4.98 Å². The normalized spacial score (nSPS) is 14.8. The Bertz CT molecular complexity index is 352. The van der Waals surface area contributed by atoms with E-state index < -0.39 is 17.3 Å². The molecule has 0 spiro atoms. The van der Waals surface area contributed by atoms with Gasteiger partial charge in [-0.15, -0.1) is 0 Å². The molecular formula is C9H11FN2O2. The second kappa shape index (κ2) is 3.71. The Hall–Kier alpha value is -1.49. The van der Waals surface area contributed by atoms with E-state index in [2.05, 4.69) is 4.98 Å². The standard InChI is InChI=1S/C9H11FN2O2/c1-9(11,3-8(13)14)6-2-7(10)5-12-4-6/h2,4-5H,3,11H2,1H3,(H,13,14)/t9-/m0/s1. The van der Waals surface area contributed by atoms with Gasteiger partial charge >= 0.3 is 5.97 Å². The third-order valence-electron chi connectivity index (χ3n) is 1.88. The Morgan fingerprint density at radius 1 is 1.71 bits per heavy atom. The molecule has 76 valence electrons. The van der Waals surface area contributed by atoms with Gasteiger partial charge in [-0.25, -0.2) is 4.39 Å². The van der Waals surface area contributed by atoms with E-state index in [4.69, 9.17) is 10.8 Å². The van der Waals surface area contributed by atoms with Crippen LogP contribution in [0.2, 0.25) is 0 Å². The summed E-state index contributed by atoms with van der Waals surface area (Å²) in [5.41, 5.74) is 5.00. The zero-order chi connectivity index (χ0) is 10.8. The monoisotopic (exact) mass is 198 g/mol. The molecule has 0 radical (unpaired) electrons. The third-order valence-corrected chi connectivity index (χ3v) is 1.88. The van der Waals surface area contributed by atoms with E-state index in [-0.39, 0.29) is 6.42 Å². The van der Waals surface area contributed by atoms with Crippen LogP contribution in [-0.2, 0) is 10.3 Å². The lowest BCUT2D eigenvalue weighted by atomic mass is 9.91. The molecule has 0 aromatic carbocycles. The van der Waals surface area contributed by atoms with Crippen LogP contribution in [0.25, 0.3) is 0 Å². The summed E-state index contributed by atoms with van der Waals surface area (Å²) in [5.74, 6) is -1.55. The van der Waals surface area contributed by atoms with Crippen molar-refractivity contribution >= 4 is 5.97 Å². The van der Waals surface area contributed by atoms with Crippen LogP contribution in [0.5, 0.6) is 0 Å². The minimum Gasteiger partial charge on any atom is -0.481 e. The van der Waals surface area contributed by atoms with Gasteiger partial charge in [-0.05, 0) is 18.6 Å². The first-order valence-corrected chi connectivity index (χ1v) is 4.03. The molecule has 0 fully saturated rings. The van der Waals surface area contributed by atoms with Gasteiger partial charge in [0.25, 0.3) is 0 Å². The predicted molar refractivity (Wildman–Crippen MR) is 48.0 cm³/mol. The smallest absolute Gasteiger partial charge is 0.305 e. The number of hydrogen-bond acceptors (Lipinski definition) is 3. The largest absolute Gasteiger partial charge is 0.481 e. The summed E-state index contributed by atoms with van der Waals surface area (Å²) in [6.07, 6.45) is 2.14. The van der Waals surface area contributed by atoms with Crippen LogP contribution in [0.4, 0.5) is 4.39 Å². The number of carbonyl (C=O) groups is 1. The molecule has 0 aliphatic carbocycles. The van der Waals surface area contributed by atoms with Crippen molar-refractivity contribution in [3.63, 3.8) is 0 Å². The fourth-order valence-electron chi connectivity index (χ4n) is 1.14. The fourth-order valence-corrected chi connectivity index (χ4v) is 1.14. The van der Waals surface area contributed by atoms with E-state index in [0.29, 0.717) is 5.56 Å². The van der Waals surface area contributed by atoms with Crippen molar-refractivity contribution in [3.05, 3.63) is 29.8 Å². The zero-order valence-electron chi connectivity index (χ0n) is 7.70. The van der Waals surface area contributed by atoms with Crippen LogP contribution in [0.1, 0.15) is 18.9 Å². The van der Waals surface area contributed by atoms with Crippen molar-refractivity contribution in [1.29, 1.82) is 0 Å². The second-order valence-corrected chi connectivity index (χ2v) is 3.38. The van der Waals surface area contributed by atoms with Gasteiger partial charge < -0.3 is 10.8 Å². The molecule has 1 aromatic heterocycles. The van der Waals surface area contributed by atoms with Gasteiger partial charge in [-0.3, -0.25) is 9.78 Å². The van der Waals surface area contributed by atoms with Gasteiger partial charge in [0.1, 0.15) is 5.82 Å². The maximum atomic E-state index is 12.8. The van der Waals surface area contributed by atoms with Gasteiger partial charge in [0.05, 0.1) is 18.2 Å². The Balaban J connectivity index is 2.97. The molecular weight excluding hydrogens is 187 g/mol. The maximum Gasteiger partial charge on any atom is 0.305 e. The minimum absolute atomic E-state index is 0.266. The summed E-state index contributed by atoms with van der Waals surface area (Å²) in [6.45, 7) is 1.53. The van der Waals surface area contributed by atoms with Crippen LogP contribution < -0.4 is 5.73 Å². The van der Waals surface area contributed by atoms with E-state index >= 15 is 0 Å². The number of nitrogens with zero attached hydrogens (tertiary/aromatic N) is 1. The molecule has 0 aliphatic heterocycles. The van der Waals surface area contributed by atoms with Crippen LogP contribution in [0.3, 0.4) is 0 Å². The average molecular weight is 198 g/mol. The fraction of sp³-hybridized carbons (Fsp3) is 0.333. The van der Waals surface area contributed by atoms with E-state index in [1.165, 1.54) is 19.2 Å². The number of aromatic nitrogens is 1. The van der Waals surface area contributed by atoms with Gasteiger partial charge in [0, 0.05) is 6.20 Å². The number of pyridine rings is 1. The molecule has 0 aliphatic rings. The summed E-state index contributed by atoms with van der Waals surface area (Å²) in [7, 11) is 0. The summed E-state index contributed by atoms with van der Waals surface area (Å²) in [4.78, 5) is 14.1.